The highest BCUT2D eigenvalue weighted by Crippen LogP contribution is 2.36. The first-order chi connectivity index (χ1) is 7.09. The molecule has 0 bridgehead atoms. The Morgan fingerprint density at radius 2 is 2.07 bits per heavy atom. The Hall–Kier alpha value is -0.770. The SMILES string of the molecule is CC1(C)CCC(NC(=NC2CC2)NN)C1. The molecular weight excluding hydrogens is 188 g/mol. The molecule has 2 aliphatic carbocycles. The number of rotatable bonds is 2. The van der Waals surface area contributed by atoms with E-state index in [2.05, 4.69) is 29.6 Å². The van der Waals surface area contributed by atoms with E-state index < -0.39 is 0 Å². The van der Waals surface area contributed by atoms with Crippen molar-refractivity contribution < 1.29 is 0 Å². The van der Waals surface area contributed by atoms with Gasteiger partial charge in [-0.1, -0.05) is 13.8 Å². The molecule has 15 heavy (non-hydrogen) atoms. The molecule has 4 nitrogen and oxygen atoms in total. The maximum Gasteiger partial charge on any atom is 0.206 e. The summed E-state index contributed by atoms with van der Waals surface area (Å²) in [6.07, 6.45) is 6.13. The topological polar surface area (TPSA) is 62.4 Å². The predicted octanol–water partition coefficient (Wildman–Crippen LogP) is 1.14. The van der Waals surface area contributed by atoms with Crippen molar-refractivity contribution in [2.45, 2.75) is 58.0 Å². The van der Waals surface area contributed by atoms with E-state index in [0.717, 1.165) is 5.96 Å². The summed E-state index contributed by atoms with van der Waals surface area (Å²) in [6.45, 7) is 4.64. The maximum atomic E-state index is 5.45. The number of nitrogens with two attached hydrogens (primary N) is 1. The lowest BCUT2D eigenvalue weighted by atomic mass is 9.92. The molecule has 0 radical (unpaired) electrons. The summed E-state index contributed by atoms with van der Waals surface area (Å²) in [5.74, 6) is 6.23. The van der Waals surface area contributed by atoms with Crippen LogP contribution in [0.25, 0.3) is 0 Å². The summed E-state index contributed by atoms with van der Waals surface area (Å²) in [5, 5.41) is 3.41. The van der Waals surface area contributed by atoms with E-state index in [1.165, 1.54) is 32.1 Å². The molecular formula is C11H22N4. The molecule has 2 fully saturated rings. The first-order valence-electron chi connectivity index (χ1n) is 5.90. The molecule has 2 rings (SSSR count). The van der Waals surface area contributed by atoms with Crippen LogP contribution >= 0.6 is 0 Å². The zero-order valence-corrected chi connectivity index (χ0v) is 9.71. The molecule has 4 N–H and O–H groups in total. The van der Waals surface area contributed by atoms with Crippen molar-refractivity contribution in [2.75, 3.05) is 0 Å². The van der Waals surface area contributed by atoms with E-state index in [9.17, 15) is 0 Å². The Morgan fingerprint density at radius 3 is 2.53 bits per heavy atom. The number of hydrogen-bond acceptors (Lipinski definition) is 2. The molecule has 4 heteroatoms. The predicted molar refractivity (Wildman–Crippen MR) is 62.3 cm³/mol. The largest absolute Gasteiger partial charge is 0.353 e. The Labute approximate surface area is 91.7 Å². The Kier molecular flexibility index (Phi) is 2.87. The van der Waals surface area contributed by atoms with Gasteiger partial charge in [0.2, 0.25) is 5.96 Å². The van der Waals surface area contributed by atoms with Crippen LogP contribution in [0, 0.1) is 5.41 Å². The van der Waals surface area contributed by atoms with Crippen molar-refractivity contribution >= 4 is 5.96 Å². The Morgan fingerprint density at radius 1 is 1.33 bits per heavy atom. The Bertz CT molecular complexity index is 255. The molecule has 0 saturated heterocycles. The van der Waals surface area contributed by atoms with Crippen molar-refractivity contribution in [3.05, 3.63) is 0 Å². The molecule has 1 unspecified atom stereocenters. The van der Waals surface area contributed by atoms with Crippen LogP contribution < -0.4 is 16.6 Å². The second-order valence-corrected chi connectivity index (χ2v) is 5.60. The monoisotopic (exact) mass is 210 g/mol. The van der Waals surface area contributed by atoms with E-state index in [4.69, 9.17) is 5.84 Å². The van der Waals surface area contributed by atoms with E-state index >= 15 is 0 Å². The standard InChI is InChI=1S/C11H22N4/c1-11(2)6-5-9(7-11)14-10(15-12)13-8-3-4-8/h8-9H,3-7,12H2,1-2H3,(H2,13,14,15). The van der Waals surface area contributed by atoms with Gasteiger partial charge in [0, 0.05) is 6.04 Å². The molecule has 0 aromatic carbocycles. The van der Waals surface area contributed by atoms with Gasteiger partial charge in [-0.25, -0.2) is 10.8 Å². The number of nitrogens with one attached hydrogen (secondary N) is 2. The third-order valence-electron chi connectivity index (χ3n) is 3.30. The third kappa shape index (κ3) is 3.09. The van der Waals surface area contributed by atoms with Crippen LogP contribution in [0.15, 0.2) is 4.99 Å². The summed E-state index contributed by atoms with van der Waals surface area (Å²) >= 11 is 0. The summed E-state index contributed by atoms with van der Waals surface area (Å²) in [7, 11) is 0. The zero-order valence-electron chi connectivity index (χ0n) is 9.71. The van der Waals surface area contributed by atoms with Crippen molar-refractivity contribution in [2.24, 2.45) is 16.3 Å². The number of aliphatic imine (C=N–C) groups is 1. The lowest BCUT2D eigenvalue weighted by Crippen LogP contribution is -2.46. The quantitative estimate of drug-likeness (QED) is 0.277. The van der Waals surface area contributed by atoms with Gasteiger partial charge >= 0.3 is 0 Å². The van der Waals surface area contributed by atoms with Crippen LogP contribution in [0.3, 0.4) is 0 Å². The molecule has 0 aromatic heterocycles. The number of hydrazine groups is 1. The minimum atomic E-state index is 0.469. The van der Waals surface area contributed by atoms with E-state index in [1.807, 2.05) is 0 Å². The highest BCUT2D eigenvalue weighted by atomic mass is 15.3. The fourth-order valence-electron chi connectivity index (χ4n) is 2.26. The number of guanidine groups is 1. The summed E-state index contributed by atoms with van der Waals surface area (Å²) in [4.78, 5) is 4.49. The molecule has 0 spiro atoms. The van der Waals surface area contributed by atoms with Crippen LogP contribution in [-0.4, -0.2) is 18.0 Å². The van der Waals surface area contributed by atoms with Crippen molar-refractivity contribution in [3.63, 3.8) is 0 Å². The van der Waals surface area contributed by atoms with Gasteiger partial charge in [0.1, 0.15) is 0 Å². The van der Waals surface area contributed by atoms with Gasteiger partial charge in [0.05, 0.1) is 6.04 Å². The van der Waals surface area contributed by atoms with E-state index in [0.29, 0.717) is 17.5 Å². The first kappa shape index (κ1) is 10.7. The molecule has 0 aliphatic heterocycles. The van der Waals surface area contributed by atoms with Gasteiger partial charge in [-0.05, 0) is 37.5 Å². The lowest BCUT2D eigenvalue weighted by Gasteiger charge is -2.19. The lowest BCUT2D eigenvalue weighted by molar-refractivity contribution is 0.372. The molecule has 0 aromatic rings. The third-order valence-corrected chi connectivity index (χ3v) is 3.30. The van der Waals surface area contributed by atoms with Gasteiger partial charge < -0.3 is 5.32 Å². The van der Waals surface area contributed by atoms with Crippen LogP contribution in [0.4, 0.5) is 0 Å². The second-order valence-electron chi connectivity index (χ2n) is 5.60. The minimum Gasteiger partial charge on any atom is -0.353 e. The normalized spacial score (nSPS) is 30.3. The van der Waals surface area contributed by atoms with Crippen molar-refractivity contribution in [1.29, 1.82) is 0 Å². The number of nitrogens with zero attached hydrogens (tertiary/aromatic N) is 1. The van der Waals surface area contributed by atoms with E-state index in [-0.39, 0.29) is 0 Å². The van der Waals surface area contributed by atoms with Crippen LogP contribution in [0.5, 0.6) is 0 Å². The average molecular weight is 210 g/mol. The highest BCUT2D eigenvalue weighted by molar-refractivity contribution is 5.79. The second kappa shape index (κ2) is 4.00. The fraction of sp³-hybridized carbons (Fsp3) is 0.909. The van der Waals surface area contributed by atoms with Crippen LogP contribution in [0.1, 0.15) is 46.0 Å². The van der Waals surface area contributed by atoms with Gasteiger partial charge in [-0.2, -0.15) is 0 Å². The van der Waals surface area contributed by atoms with Crippen LogP contribution in [-0.2, 0) is 0 Å². The van der Waals surface area contributed by atoms with Gasteiger partial charge in [0.15, 0.2) is 0 Å². The van der Waals surface area contributed by atoms with Gasteiger partial charge in [-0.3, -0.25) is 5.43 Å². The molecule has 0 heterocycles. The molecule has 2 saturated carbocycles. The summed E-state index contributed by atoms with van der Waals surface area (Å²) < 4.78 is 0. The zero-order chi connectivity index (χ0) is 10.9. The fourth-order valence-corrected chi connectivity index (χ4v) is 2.26. The summed E-state index contributed by atoms with van der Waals surface area (Å²) in [6, 6.07) is 1.05. The Balaban J connectivity index is 1.85. The van der Waals surface area contributed by atoms with Crippen molar-refractivity contribution in [1.82, 2.24) is 10.7 Å². The summed E-state index contributed by atoms with van der Waals surface area (Å²) in [5.41, 5.74) is 3.14. The average Bonchev–Trinajstić information content (AvgIpc) is 2.91. The molecule has 0 amide bonds. The maximum absolute atomic E-state index is 5.45. The first-order valence-corrected chi connectivity index (χ1v) is 5.90. The minimum absolute atomic E-state index is 0.469. The van der Waals surface area contributed by atoms with Gasteiger partial charge in [0.25, 0.3) is 0 Å². The van der Waals surface area contributed by atoms with E-state index in [1.54, 1.807) is 0 Å². The van der Waals surface area contributed by atoms with Crippen LogP contribution in [0.2, 0.25) is 0 Å². The molecule has 2 aliphatic rings. The van der Waals surface area contributed by atoms with Crippen molar-refractivity contribution in [3.8, 4) is 0 Å². The smallest absolute Gasteiger partial charge is 0.206 e. The molecule has 86 valence electrons. The van der Waals surface area contributed by atoms with Gasteiger partial charge in [-0.15, -0.1) is 0 Å². The molecule has 1 atom stereocenters. The highest BCUT2D eigenvalue weighted by Gasteiger charge is 2.31. The number of hydrogen-bond donors (Lipinski definition) is 3.